The number of likely N-dealkylation sites (tertiary alicyclic amines) is 1. The number of pyridine rings is 1. The standard InChI is InChI=1S/C14H22N2O/c1-12(17)14-4-2-3-10-16(14)11-7-13-5-8-15-9-6-13/h5-6,8-9,12,14,17H,2-4,7,10-11H2,1H3. The van der Waals surface area contributed by atoms with Crippen LogP contribution in [0.4, 0.5) is 0 Å². The minimum Gasteiger partial charge on any atom is -0.392 e. The van der Waals surface area contributed by atoms with E-state index in [-0.39, 0.29) is 6.10 Å². The fraction of sp³-hybridized carbons (Fsp3) is 0.643. The quantitative estimate of drug-likeness (QED) is 0.864. The molecule has 0 aliphatic carbocycles. The van der Waals surface area contributed by atoms with Gasteiger partial charge in [0, 0.05) is 25.0 Å². The predicted molar refractivity (Wildman–Crippen MR) is 68.8 cm³/mol. The molecule has 1 aromatic heterocycles. The second kappa shape index (κ2) is 6.12. The molecule has 1 aromatic rings. The second-order valence-corrected chi connectivity index (χ2v) is 4.95. The van der Waals surface area contributed by atoms with Crippen molar-refractivity contribution in [2.24, 2.45) is 0 Å². The van der Waals surface area contributed by atoms with E-state index in [2.05, 4.69) is 22.0 Å². The van der Waals surface area contributed by atoms with E-state index in [0.717, 1.165) is 25.9 Å². The lowest BCUT2D eigenvalue weighted by atomic mass is 9.97. The number of hydrogen-bond donors (Lipinski definition) is 1. The van der Waals surface area contributed by atoms with Crippen LogP contribution in [0.5, 0.6) is 0 Å². The number of piperidine rings is 1. The van der Waals surface area contributed by atoms with Gasteiger partial charge in [-0.05, 0) is 50.4 Å². The van der Waals surface area contributed by atoms with Gasteiger partial charge in [0.1, 0.15) is 0 Å². The number of rotatable bonds is 4. The molecule has 0 amide bonds. The Balaban J connectivity index is 1.88. The molecule has 3 heteroatoms. The van der Waals surface area contributed by atoms with E-state index < -0.39 is 0 Å². The van der Waals surface area contributed by atoms with Gasteiger partial charge < -0.3 is 5.11 Å². The molecule has 1 N–H and O–H groups in total. The lowest BCUT2D eigenvalue weighted by molar-refractivity contribution is 0.0372. The highest BCUT2D eigenvalue weighted by molar-refractivity contribution is 5.10. The fourth-order valence-electron chi connectivity index (χ4n) is 2.66. The Labute approximate surface area is 103 Å². The average molecular weight is 234 g/mol. The van der Waals surface area contributed by atoms with Crippen molar-refractivity contribution in [2.45, 2.75) is 44.8 Å². The molecule has 1 aliphatic heterocycles. The van der Waals surface area contributed by atoms with Crippen LogP contribution < -0.4 is 0 Å². The van der Waals surface area contributed by atoms with E-state index in [1.165, 1.54) is 18.4 Å². The van der Waals surface area contributed by atoms with Gasteiger partial charge in [-0.1, -0.05) is 6.42 Å². The highest BCUT2D eigenvalue weighted by Crippen LogP contribution is 2.20. The Morgan fingerprint density at radius 1 is 1.41 bits per heavy atom. The zero-order chi connectivity index (χ0) is 12.1. The summed E-state index contributed by atoms with van der Waals surface area (Å²) < 4.78 is 0. The maximum Gasteiger partial charge on any atom is 0.0667 e. The van der Waals surface area contributed by atoms with Gasteiger partial charge in [-0.15, -0.1) is 0 Å². The van der Waals surface area contributed by atoms with Crippen molar-refractivity contribution in [3.8, 4) is 0 Å². The molecule has 1 aliphatic rings. The van der Waals surface area contributed by atoms with Gasteiger partial charge in [-0.2, -0.15) is 0 Å². The molecule has 1 saturated heterocycles. The maximum atomic E-state index is 9.79. The number of hydrogen-bond acceptors (Lipinski definition) is 3. The molecule has 2 rings (SSSR count). The molecule has 0 bridgehead atoms. The van der Waals surface area contributed by atoms with Crippen molar-refractivity contribution in [3.63, 3.8) is 0 Å². The van der Waals surface area contributed by atoms with E-state index in [0.29, 0.717) is 6.04 Å². The summed E-state index contributed by atoms with van der Waals surface area (Å²) in [5, 5.41) is 9.79. The minimum atomic E-state index is -0.215. The van der Waals surface area contributed by atoms with Crippen molar-refractivity contribution in [1.82, 2.24) is 9.88 Å². The first-order valence-electron chi connectivity index (χ1n) is 6.58. The van der Waals surface area contributed by atoms with Crippen LogP contribution in [-0.2, 0) is 6.42 Å². The van der Waals surface area contributed by atoms with Crippen LogP contribution in [0.2, 0.25) is 0 Å². The zero-order valence-electron chi connectivity index (χ0n) is 10.5. The molecular formula is C14H22N2O. The normalized spacial score (nSPS) is 23.5. The average Bonchev–Trinajstić information content (AvgIpc) is 2.38. The van der Waals surface area contributed by atoms with Gasteiger partial charge in [0.15, 0.2) is 0 Å². The summed E-state index contributed by atoms with van der Waals surface area (Å²) in [5.74, 6) is 0. The van der Waals surface area contributed by atoms with Crippen LogP contribution in [-0.4, -0.2) is 40.2 Å². The molecule has 3 nitrogen and oxygen atoms in total. The molecule has 0 saturated carbocycles. The minimum absolute atomic E-state index is 0.215. The Hall–Kier alpha value is -0.930. The SMILES string of the molecule is CC(O)C1CCCCN1CCc1ccncc1. The molecule has 2 unspecified atom stereocenters. The number of nitrogens with zero attached hydrogens (tertiary/aromatic N) is 2. The highest BCUT2D eigenvalue weighted by Gasteiger charge is 2.25. The Morgan fingerprint density at radius 3 is 2.88 bits per heavy atom. The number of aliphatic hydroxyl groups is 1. The molecule has 0 spiro atoms. The molecule has 0 radical (unpaired) electrons. The van der Waals surface area contributed by atoms with Crippen molar-refractivity contribution < 1.29 is 5.11 Å². The third kappa shape index (κ3) is 3.51. The van der Waals surface area contributed by atoms with Crippen LogP contribution in [0, 0.1) is 0 Å². The van der Waals surface area contributed by atoms with Crippen LogP contribution in [0.1, 0.15) is 31.7 Å². The summed E-state index contributed by atoms with van der Waals surface area (Å²) in [6, 6.07) is 4.49. The largest absolute Gasteiger partial charge is 0.392 e. The summed E-state index contributed by atoms with van der Waals surface area (Å²) in [5.41, 5.74) is 1.33. The van der Waals surface area contributed by atoms with Crippen LogP contribution in [0.3, 0.4) is 0 Å². The first-order chi connectivity index (χ1) is 8.27. The van der Waals surface area contributed by atoms with E-state index in [1.807, 2.05) is 19.3 Å². The molecule has 1 fully saturated rings. The Bertz CT molecular complexity index is 326. The highest BCUT2D eigenvalue weighted by atomic mass is 16.3. The van der Waals surface area contributed by atoms with E-state index in [4.69, 9.17) is 0 Å². The first-order valence-corrected chi connectivity index (χ1v) is 6.58. The van der Waals surface area contributed by atoms with E-state index in [9.17, 15) is 5.11 Å². The van der Waals surface area contributed by atoms with Crippen molar-refractivity contribution in [1.29, 1.82) is 0 Å². The number of aliphatic hydroxyl groups excluding tert-OH is 1. The lowest BCUT2D eigenvalue weighted by Crippen LogP contribution is -2.46. The molecular weight excluding hydrogens is 212 g/mol. The third-order valence-corrected chi connectivity index (χ3v) is 3.66. The van der Waals surface area contributed by atoms with Crippen LogP contribution in [0.15, 0.2) is 24.5 Å². The maximum absolute atomic E-state index is 9.79. The van der Waals surface area contributed by atoms with Gasteiger partial charge in [-0.25, -0.2) is 0 Å². The van der Waals surface area contributed by atoms with Gasteiger partial charge in [-0.3, -0.25) is 9.88 Å². The summed E-state index contributed by atoms with van der Waals surface area (Å²) in [4.78, 5) is 6.47. The second-order valence-electron chi connectivity index (χ2n) is 4.95. The summed E-state index contributed by atoms with van der Waals surface area (Å²) in [7, 11) is 0. The van der Waals surface area contributed by atoms with Gasteiger partial charge in [0.05, 0.1) is 6.10 Å². The summed E-state index contributed by atoms with van der Waals surface area (Å²) in [6.07, 6.45) is 8.17. The van der Waals surface area contributed by atoms with E-state index >= 15 is 0 Å². The Morgan fingerprint density at radius 2 is 2.18 bits per heavy atom. The third-order valence-electron chi connectivity index (χ3n) is 3.66. The molecule has 94 valence electrons. The van der Waals surface area contributed by atoms with Gasteiger partial charge in [0.25, 0.3) is 0 Å². The monoisotopic (exact) mass is 234 g/mol. The fourth-order valence-corrected chi connectivity index (χ4v) is 2.66. The zero-order valence-corrected chi connectivity index (χ0v) is 10.5. The summed E-state index contributed by atoms with van der Waals surface area (Å²) >= 11 is 0. The van der Waals surface area contributed by atoms with Crippen molar-refractivity contribution in [3.05, 3.63) is 30.1 Å². The smallest absolute Gasteiger partial charge is 0.0667 e. The molecule has 2 heterocycles. The van der Waals surface area contributed by atoms with Crippen molar-refractivity contribution in [2.75, 3.05) is 13.1 Å². The van der Waals surface area contributed by atoms with Crippen LogP contribution in [0.25, 0.3) is 0 Å². The number of aromatic nitrogens is 1. The Kier molecular flexibility index (Phi) is 4.51. The lowest BCUT2D eigenvalue weighted by Gasteiger charge is -2.37. The summed E-state index contributed by atoms with van der Waals surface area (Å²) in [6.45, 7) is 4.08. The van der Waals surface area contributed by atoms with Gasteiger partial charge in [0.2, 0.25) is 0 Å². The predicted octanol–water partition coefficient (Wildman–Crippen LogP) is 1.86. The molecule has 2 atom stereocenters. The first kappa shape index (κ1) is 12.5. The van der Waals surface area contributed by atoms with Crippen molar-refractivity contribution >= 4 is 0 Å². The van der Waals surface area contributed by atoms with E-state index in [1.54, 1.807) is 0 Å². The molecule has 0 aromatic carbocycles. The molecule has 17 heavy (non-hydrogen) atoms. The van der Waals surface area contributed by atoms with Gasteiger partial charge >= 0.3 is 0 Å². The van der Waals surface area contributed by atoms with Crippen LogP contribution >= 0.6 is 0 Å². The topological polar surface area (TPSA) is 36.4 Å².